The van der Waals surface area contributed by atoms with Crippen LogP contribution in [0.3, 0.4) is 0 Å². The molecule has 3 heteroatoms. The first-order valence-electron chi connectivity index (χ1n) is 7.16. The fourth-order valence-corrected chi connectivity index (χ4v) is 4.45. The SMILES string of the molecule is O=C(O)N1CC2(CCC(C3CCCCC3)C2)C1. The standard InChI is InChI=1S/C14H23NO2/c16-13(17)15-9-14(10-15)7-6-12(8-14)11-4-2-1-3-5-11/h11-12H,1-10H2,(H,16,17). The predicted octanol–water partition coefficient (Wildman–Crippen LogP) is 3.35. The van der Waals surface area contributed by atoms with Crippen LogP contribution < -0.4 is 0 Å². The summed E-state index contributed by atoms with van der Waals surface area (Å²) in [7, 11) is 0. The minimum absolute atomic E-state index is 0.389. The van der Waals surface area contributed by atoms with Gasteiger partial charge in [-0.1, -0.05) is 32.1 Å². The van der Waals surface area contributed by atoms with Gasteiger partial charge in [-0.15, -0.1) is 0 Å². The van der Waals surface area contributed by atoms with Crippen LogP contribution in [0.2, 0.25) is 0 Å². The van der Waals surface area contributed by atoms with Crippen molar-refractivity contribution < 1.29 is 9.90 Å². The quantitative estimate of drug-likeness (QED) is 0.759. The monoisotopic (exact) mass is 237 g/mol. The Labute approximate surface area is 103 Å². The van der Waals surface area contributed by atoms with Crippen molar-refractivity contribution in [2.75, 3.05) is 13.1 Å². The van der Waals surface area contributed by atoms with Crippen LogP contribution in [0.25, 0.3) is 0 Å². The van der Waals surface area contributed by atoms with Crippen molar-refractivity contribution in [2.45, 2.75) is 51.4 Å². The molecule has 1 spiro atoms. The zero-order valence-electron chi connectivity index (χ0n) is 10.5. The van der Waals surface area contributed by atoms with E-state index in [1.165, 1.54) is 51.4 Å². The molecule has 3 nitrogen and oxygen atoms in total. The Hall–Kier alpha value is -0.730. The van der Waals surface area contributed by atoms with Crippen LogP contribution in [0, 0.1) is 17.3 Å². The molecule has 1 saturated heterocycles. The Balaban J connectivity index is 1.54. The molecule has 1 atom stereocenters. The van der Waals surface area contributed by atoms with Gasteiger partial charge in [-0.05, 0) is 31.1 Å². The molecule has 0 radical (unpaired) electrons. The van der Waals surface area contributed by atoms with Gasteiger partial charge in [0.05, 0.1) is 0 Å². The summed E-state index contributed by atoms with van der Waals surface area (Å²) in [5.41, 5.74) is 0.389. The Kier molecular flexibility index (Phi) is 2.80. The van der Waals surface area contributed by atoms with Crippen LogP contribution in [-0.4, -0.2) is 29.2 Å². The highest BCUT2D eigenvalue weighted by molar-refractivity contribution is 5.66. The fraction of sp³-hybridized carbons (Fsp3) is 0.929. The molecule has 0 aromatic rings. The van der Waals surface area contributed by atoms with Gasteiger partial charge in [0.15, 0.2) is 0 Å². The second kappa shape index (κ2) is 4.18. The second-order valence-electron chi connectivity index (χ2n) is 6.54. The number of amides is 1. The van der Waals surface area contributed by atoms with E-state index in [4.69, 9.17) is 5.11 Å². The van der Waals surface area contributed by atoms with Crippen molar-refractivity contribution >= 4 is 6.09 Å². The number of likely N-dealkylation sites (tertiary alicyclic amines) is 1. The molecular formula is C14H23NO2. The Morgan fingerprint density at radius 3 is 2.41 bits per heavy atom. The van der Waals surface area contributed by atoms with E-state index in [1.54, 1.807) is 4.90 Å². The van der Waals surface area contributed by atoms with Crippen LogP contribution in [0.15, 0.2) is 0 Å². The fourth-order valence-electron chi connectivity index (χ4n) is 4.45. The van der Waals surface area contributed by atoms with Gasteiger partial charge in [-0.2, -0.15) is 0 Å². The number of carboxylic acid groups (broad SMARTS) is 1. The minimum atomic E-state index is -0.725. The maximum absolute atomic E-state index is 10.8. The maximum atomic E-state index is 10.8. The molecule has 3 fully saturated rings. The Bertz CT molecular complexity index is 303. The lowest BCUT2D eigenvalue weighted by Gasteiger charge is -2.47. The number of carbonyl (C=O) groups is 1. The van der Waals surface area contributed by atoms with Crippen molar-refractivity contribution in [2.24, 2.45) is 17.3 Å². The largest absolute Gasteiger partial charge is 0.465 e. The van der Waals surface area contributed by atoms with Gasteiger partial charge >= 0.3 is 6.09 Å². The zero-order valence-corrected chi connectivity index (χ0v) is 10.5. The minimum Gasteiger partial charge on any atom is -0.465 e. The summed E-state index contributed by atoms with van der Waals surface area (Å²) < 4.78 is 0. The van der Waals surface area contributed by atoms with Crippen molar-refractivity contribution in [3.8, 4) is 0 Å². The number of hydrogen-bond donors (Lipinski definition) is 1. The van der Waals surface area contributed by atoms with Crippen molar-refractivity contribution in [3.05, 3.63) is 0 Å². The molecule has 0 aromatic heterocycles. The van der Waals surface area contributed by atoms with Crippen molar-refractivity contribution in [3.63, 3.8) is 0 Å². The summed E-state index contributed by atoms with van der Waals surface area (Å²) in [5, 5.41) is 8.92. The molecule has 0 bridgehead atoms. The molecule has 1 aliphatic heterocycles. The lowest BCUT2D eigenvalue weighted by Crippen LogP contribution is -2.57. The van der Waals surface area contributed by atoms with Crippen molar-refractivity contribution in [1.82, 2.24) is 4.90 Å². The van der Waals surface area contributed by atoms with Crippen LogP contribution in [0.1, 0.15) is 51.4 Å². The third-order valence-electron chi connectivity index (χ3n) is 5.38. The lowest BCUT2D eigenvalue weighted by atomic mass is 9.74. The third-order valence-corrected chi connectivity index (χ3v) is 5.38. The average Bonchev–Trinajstić information content (AvgIpc) is 2.73. The highest BCUT2D eigenvalue weighted by Gasteiger charge is 2.50. The van der Waals surface area contributed by atoms with E-state index < -0.39 is 6.09 Å². The van der Waals surface area contributed by atoms with Gasteiger partial charge in [0.2, 0.25) is 0 Å². The number of rotatable bonds is 1. The smallest absolute Gasteiger partial charge is 0.407 e. The first-order chi connectivity index (χ1) is 8.19. The molecule has 2 aliphatic carbocycles. The van der Waals surface area contributed by atoms with Crippen molar-refractivity contribution in [1.29, 1.82) is 0 Å². The van der Waals surface area contributed by atoms with Gasteiger partial charge in [0.25, 0.3) is 0 Å². The van der Waals surface area contributed by atoms with E-state index in [-0.39, 0.29) is 0 Å². The summed E-state index contributed by atoms with van der Waals surface area (Å²) in [4.78, 5) is 12.4. The van der Waals surface area contributed by atoms with Crippen LogP contribution in [-0.2, 0) is 0 Å². The molecule has 1 N–H and O–H groups in total. The molecule has 3 aliphatic rings. The summed E-state index contributed by atoms with van der Waals surface area (Å²) in [5.74, 6) is 1.87. The van der Waals surface area contributed by atoms with Gasteiger partial charge in [0, 0.05) is 18.5 Å². The summed E-state index contributed by atoms with van der Waals surface area (Å²) in [6.07, 6.45) is 10.4. The molecule has 17 heavy (non-hydrogen) atoms. The van der Waals surface area contributed by atoms with E-state index in [0.29, 0.717) is 5.41 Å². The van der Waals surface area contributed by atoms with Gasteiger partial charge in [-0.25, -0.2) is 4.79 Å². The van der Waals surface area contributed by atoms with E-state index >= 15 is 0 Å². The van der Waals surface area contributed by atoms with E-state index in [0.717, 1.165) is 24.9 Å². The average molecular weight is 237 g/mol. The Morgan fingerprint density at radius 1 is 1.06 bits per heavy atom. The van der Waals surface area contributed by atoms with Crippen LogP contribution in [0.4, 0.5) is 4.79 Å². The summed E-state index contributed by atoms with van der Waals surface area (Å²) >= 11 is 0. The number of hydrogen-bond acceptors (Lipinski definition) is 1. The molecular weight excluding hydrogens is 214 g/mol. The normalized spacial score (nSPS) is 32.7. The zero-order chi connectivity index (χ0) is 11.9. The van der Waals surface area contributed by atoms with Gasteiger partial charge in [0.1, 0.15) is 0 Å². The molecule has 1 heterocycles. The molecule has 96 valence electrons. The molecule has 1 amide bonds. The summed E-state index contributed by atoms with van der Waals surface area (Å²) in [6, 6.07) is 0. The first-order valence-corrected chi connectivity index (χ1v) is 7.16. The highest BCUT2D eigenvalue weighted by Crippen LogP contribution is 2.52. The van der Waals surface area contributed by atoms with E-state index in [1.807, 2.05) is 0 Å². The van der Waals surface area contributed by atoms with Crippen LogP contribution >= 0.6 is 0 Å². The van der Waals surface area contributed by atoms with Gasteiger partial charge in [-0.3, -0.25) is 0 Å². The van der Waals surface area contributed by atoms with Gasteiger partial charge < -0.3 is 10.0 Å². The predicted molar refractivity (Wildman–Crippen MR) is 65.9 cm³/mol. The number of nitrogens with zero attached hydrogens (tertiary/aromatic N) is 1. The second-order valence-corrected chi connectivity index (χ2v) is 6.54. The topological polar surface area (TPSA) is 40.5 Å². The highest BCUT2D eigenvalue weighted by atomic mass is 16.4. The molecule has 1 unspecified atom stereocenters. The molecule has 3 rings (SSSR count). The third kappa shape index (κ3) is 2.04. The molecule has 0 aromatic carbocycles. The van der Waals surface area contributed by atoms with E-state index in [9.17, 15) is 4.79 Å². The Morgan fingerprint density at radius 2 is 1.76 bits per heavy atom. The first kappa shape index (κ1) is 11.4. The lowest BCUT2D eigenvalue weighted by molar-refractivity contribution is 0.00967. The molecule has 2 saturated carbocycles. The maximum Gasteiger partial charge on any atom is 0.407 e. The summed E-state index contributed by atoms with van der Waals surface area (Å²) in [6.45, 7) is 1.62. The van der Waals surface area contributed by atoms with E-state index in [2.05, 4.69) is 0 Å². The van der Waals surface area contributed by atoms with Crippen LogP contribution in [0.5, 0.6) is 0 Å².